The highest BCUT2D eigenvalue weighted by atomic mass is 19.4. The number of halogens is 3. The minimum Gasteiger partial charge on any atom is -0.457 e. The minimum absolute atomic E-state index is 0. The third-order valence-electron chi connectivity index (χ3n) is 7.22. The van der Waals surface area contributed by atoms with E-state index in [1.54, 1.807) is 36.5 Å². The molecule has 6 rings (SSSR count). The van der Waals surface area contributed by atoms with E-state index < -0.39 is 17.6 Å². The first-order valence-corrected chi connectivity index (χ1v) is 13.5. The zero-order chi connectivity index (χ0) is 28.4. The van der Waals surface area contributed by atoms with Gasteiger partial charge in [-0.3, -0.25) is 19.7 Å². The Morgan fingerprint density at radius 3 is 2.50 bits per heavy atom. The van der Waals surface area contributed by atoms with Crippen LogP contribution < -0.4 is 15.4 Å². The molecule has 0 aliphatic carbocycles. The molecule has 42 heavy (non-hydrogen) atoms. The van der Waals surface area contributed by atoms with Crippen LogP contribution in [0.15, 0.2) is 77.9 Å². The number of carbonyl (C=O) groups is 1. The van der Waals surface area contributed by atoms with Crippen LogP contribution in [-0.2, 0) is 12.7 Å². The molecule has 10 heteroatoms. The predicted molar refractivity (Wildman–Crippen MR) is 158 cm³/mol. The Labute approximate surface area is 242 Å². The van der Waals surface area contributed by atoms with Gasteiger partial charge in [0.25, 0.3) is 5.91 Å². The van der Waals surface area contributed by atoms with Gasteiger partial charge in [-0.25, -0.2) is 0 Å². The average molecular weight is 576 g/mol. The van der Waals surface area contributed by atoms with Gasteiger partial charge >= 0.3 is 6.18 Å². The maximum atomic E-state index is 13.9. The molecule has 1 saturated heterocycles. The summed E-state index contributed by atoms with van der Waals surface area (Å²) in [6.07, 6.45) is -0.883. The van der Waals surface area contributed by atoms with Crippen molar-refractivity contribution in [2.75, 3.05) is 31.5 Å². The Bertz CT molecular complexity index is 1630. The van der Waals surface area contributed by atoms with Gasteiger partial charge in [0, 0.05) is 36.6 Å². The van der Waals surface area contributed by atoms with Gasteiger partial charge in [-0.1, -0.05) is 25.6 Å². The van der Waals surface area contributed by atoms with E-state index >= 15 is 0 Å². The van der Waals surface area contributed by atoms with Crippen LogP contribution in [0.25, 0.3) is 10.8 Å². The van der Waals surface area contributed by atoms with Crippen molar-refractivity contribution in [3.05, 3.63) is 95.3 Å². The molecular formula is C32H32F3N5O2. The number of hydrogen-bond donors (Lipinski definition) is 2. The van der Waals surface area contributed by atoms with Crippen molar-refractivity contribution in [1.82, 2.24) is 15.2 Å². The second kappa shape index (κ2) is 12.2. The first-order chi connectivity index (χ1) is 19.8. The van der Waals surface area contributed by atoms with Gasteiger partial charge in [-0.2, -0.15) is 13.2 Å². The zero-order valence-corrected chi connectivity index (χ0v) is 22.2. The standard InChI is InChI=1S/C31H28F3N5O2.CH4/c32-31(33,34)27-17-24(7-5-22(27)19-39-13-1-2-14-39)38-30(40)21-4-3-20-6-8-25(16-23(20)15-21)41-26-9-10-35-28(18-26)29-36-11-12-37-29;/h3-10,15-18H,1-2,11-14,19H2,(H,36,37)(H,38,40);1H4. The number of amidine groups is 1. The molecule has 0 unspecified atom stereocenters. The number of likely N-dealkylation sites (tertiary alicyclic amines) is 1. The van der Waals surface area contributed by atoms with Crippen LogP contribution in [0.1, 0.15) is 47.4 Å². The molecular weight excluding hydrogens is 543 g/mol. The van der Waals surface area contributed by atoms with Crippen molar-refractivity contribution in [3.63, 3.8) is 0 Å². The average Bonchev–Trinajstić information content (AvgIpc) is 3.68. The number of fused-ring (bicyclic) bond motifs is 1. The number of benzene rings is 3. The summed E-state index contributed by atoms with van der Waals surface area (Å²) in [7, 11) is 0. The number of aliphatic imine (C=N–C) groups is 1. The van der Waals surface area contributed by atoms with Gasteiger partial charge in [-0.15, -0.1) is 0 Å². The van der Waals surface area contributed by atoms with Crippen LogP contribution in [0.2, 0.25) is 0 Å². The fourth-order valence-electron chi connectivity index (χ4n) is 5.18. The van der Waals surface area contributed by atoms with Crippen molar-refractivity contribution < 1.29 is 22.7 Å². The van der Waals surface area contributed by atoms with E-state index in [0.717, 1.165) is 55.2 Å². The number of ether oxygens (including phenoxy) is 1. The lowest BCUT2D eigenvalue weighted by atomic mass is 10.0. The lowest BCUT2D eigenvalue weighted by Crippen LogP contribution is -2.21. The first kappa shape index (κ1) is 29.1. The Kier molecular flexibility index (Phi) is 8.44. The van der Waals surface area contributed by atoms with Crippen molar-refractivity contribution in [3.8, 4) is 11.5 Å². The van der Waals surface area contributed by atoms with Crippen LogP contribution in [0.5, 0.6) is 11.5 Å². The summed E-state index contributed by atoms with van der Waals surface area (Å²) in [5.74, 6) is 1.39. The van der Waals surface area contributed by atoms with Crippen LogP contribution in [-0.4, -0.2) is 47.8 Å². The Balaban J connectivity index is 0.00000353. The largest absolute Gasteiger partial charge is 0.457 e. The molecule has 0 spiro atoms. The quantitative estimate of drug-likeness (QED) is 0.251. The molecule has 0 bridgehead atoms. The molecule has 3 aromatic carbocycles. The molecule has 2 aliphatic heterocycles. The highest BCUT2D eigenvalue weighted by Crippen LogP contribution is 2.35. The first-order valence-electron chi connectivity index (χ1n) is 13.5. The van der Waals surface area contributed by atoms with E-state index in [4.69, 9.17) is 4.74 Å². The van der Waals surface area contributed by atoms with Crippen LogP contribution in [0, 0.1) is 0 Å². The van der Waals surface area contributed by atoms with Gasteiger partial charge in [0.1, 0.15) is 23.0 Å². The maximum absolute atomic E-state index is 13.9. The highest BCUT2D eigenvalue weighted by Gasteiger charge is 2.34. The number of nitrogens with zero attached hydrogens (tertiary/aromatic N) is 3. The molecule has 2 aliphatic rings. The van der Waals surface area contributed by atoms with Crippen LogP contribution in [0.3, 0.4) is 0 Å². The number of rotatable bonds is 7. The maximum Gasteiger partial charge on any atom is 0.416 e. The van der Waals surface area contributed by atoms with Crippen LogP contribution >= 0.6 is 0 Å². The summed E-state index contributed by atoms with van der Waals surface area (Å²) in [4.78, 5) is 23.8. The Morgan fingerprint density at radius 2 is 1.74 bits per heavy atom. The monoisotopic (exact) mass is 575 g/mol. The van der Waals surface area contributed by atoms with Gasteiger partial charge in [0.2, 0.25) is 0 Å². The third kappa shape index (κ3) is 6.54. The Hall–Kier alpha value is -4.44. The number of nitrogens with one attached hydrogen (secondary N) is 2. The number of amides is 1. The van der Waals surface area contributed by atoms with Gasteiger partial charge in [-0.05, 0) is 84.7 Å². The molecule has 2 N–H and O–H groups in total. The lowest BCUT2D eigenvalue weighted by Gasteiger charge is -2.20. The van der Waals surface area contributed by atoms with E-state index in [0.29, 0.717) is 29.3 Å². The molecule has 0 atom stereocenters. The summed E-state index contributed by atoms with van der Waals surface area (Å²) < 4.78 is 47.7. The van der Waals surface area contributed by atoms with Crippen molar-refractivity contribution in [2.45, 2.75) is 33.0 Å². The molecule has 4 aromatic rings. The second-order valence-corrected chi connectivity index (χ2v) is 10.2. The normalized spacial score (nSPS) is 15.2. The van der Waals surface area contributed by atoms with E-state index in [2.05, 4.69) is 20.6 Å². The molecule has 1 fully saturated rings. The zero-order valence-electron chi connectivity index (χ0n) is 22.2. The summed E-state index contributed by atoms with van der Waals surface area (Å²) in [6, 6.07) is 18.2. The van der Waals surface area contributed by atoms with Gasteiger partial charge in [0.15, 0.2) is 0 Å². The van der Waals surface area contributed by atoms with Gasteiger partial charge in [0.05, 0.1) is 12.1 Å². The molecule has 7 nitrogen and oxygen atoms in total. The van der Waals surface area contributed by atoms with E-state index in [1.807, 2.05) is 23.1 Å². The third-order valence-corrected chi connectivity index (χ3v) is 7.22. The number of aromatic nitrogens is 1. The number of hydrogen-bond acceptors (Lipinski definition) is 6. The number of alkyl halides is 3. The molecule has 0 radical (unpaired) electrons. The van der Waals surface area contributed by atoms with Crippen molar-refractivity contribution in [1.29, 1.82) is 0 Å². The fourth-order valence-corrected chi connectivity index (χ4v) is 5.18. The smallest absolute Gasteiger partial charge is 0.416 e. The number of pyridine rings is 1. The molecule has 1 amide bonds. The second-order valence-electron chi connectivity index (χ2n) is 10.2. The van der Waals surface area contributed by atoms with Crippen LogP contribution in [0.4, 0.5) is 18.9 Å². The summed E-state index contributed by atoms with van der Waals surface area (Å²) in [5.41, 5.74) is 0.597. The lowest BCUT2D eigenvalue weighted by molar-refractivity contribution is -0.138. The Morgan fingerprint density at radius 1 is 0.952 bits per heavy atom. The minimum atomic E-state index is -4.52. The SMILES string of the molecule is C.O=C(Nc1ccc(CN2CCCC2)c(C(F)(F)F)c1)c1ccc2ccc(Oc3ccnc(C4=NCCN4)c3)cc2c1. The van der Waals surface area contributed by atoms with Gasteiger partial charge < -0.3 is 15.4 Å². The summed E-state index contributed by atoms with van der Waals surface area (Å²) >= 11 is 0. The van der Waals surface area contributed by atoms with E-state index in [1.165, 1.54) is 12.1 Å². The molecule has 0 saturated carbocycles. The molecule has 1 aromatic heterocycles. The number of anilines is 1. The van der Waals surface area contributed by atoms with Crippen molar-refractivity contribution in [2.24, 2.45) is 4.99 Å². The summed E-state index contributed by atoms with van der Waals surface area (Å²) in [5, 5.41) is 7.46. The number of carbonyl (C=O) groups excluding carboxylic acids is 1. The summed E-state index contributed by atoms with van der Waals surface area (Å²) in [6.45, 7) is 3.31. The molecule has 3 heterocycles. The topological polar surface area (TPSA) is 78.9 Å². The van der Waals surface area contributed by atoms with E-state index in [-0.39, 0.29) is 25.2 Å². The van der Waals surface area contributed by atoms with E-state index in [9.17, 15) is 18.0 Å². The van der Waals surface area contributed by atoms with Crippen molar-refractivity contribution >= 4 is 28.2 Å². The fraction of sp³-hybridized carbons (Fsp3) is 0.281. The molecule has 218 valence electrons. The highest BCUT2D eigenvalue weighted by molar-refractivity contribution is 6.06. The predicted octanol–water partition coefficient (Wildman–Crippen LogP) is 6.88.